The van der Waals surface area contributed by atoms with Crippen molar-refractivity contribution < 1.29 is 4.74 Å². The Morgan fingerprint density at radius 3 is 2.95 bits per heavy atom. The summed E-state index contributed by atoms with van der Waals surface area (Å²) < 4.78 is 7.62. The number of rotatable bonds is 6. The fourth-order valence-corrected chi connectivity index (χ4v) is 2.10. The Balaban J connectivity index is 1.70. The molecular weight excluding hydrogens is 252 g/mol. The maximum atomic E-state index is 5.78. The highest BCUT2D eigenvalue weighted by Gasteiger charge is 2.20. The molecule has 2 heterocycles. The second-order valence-corrected chi connectivity index (χ2v) is 5.24. The molecule has 106 valence electrons. The average molecular weight is 272 g/mol. The van der Waals surface area contributed by atoms with Gasteiger partial charge in [-0.25, -0.2) is 4.98 Å². The molecule has 0 unspecified atom stereocenters. The summed E-state index contributed by atoms with van der Waals surface area (Å²) in [5.74, 6) is 1.36. The molecule has 1 aliphatic carbocycles. The normalized spacial score (nSPS) is 14.5. The number of ether oxygens (including phenoxy) is 1. The Hall–Kier alpha value is -1.88. The summed E-state index contributed by atoms with van der Waals surface area (Å²) in [5.41, 5.74) is 2.18. The summed E-state index contributed by atoms with van der Waals surface area (Å²) in [6.45, 7) is 5.74. The van der Waals surface area contributed by atoms with Gasteiger partial charge in [0.2, 0.25) is 5.88 Å². The third-order valence-corrected chi connectivity index (χ3v) is 3.32. The van der Waals surface area contributed by atoms with Crippen LogP contribution in [0.2, 0.25) is 0 Å². The van der Waals surface area contributed by atoms with Crippen LogP contribution in [0.4, 0.5) is 0 Å². The van der Waals surface area contributed by atoms with Gasteiger partial charge in [0.15, 0.2) is 5.75 Å². The van der Waals surface area contributed by atoms with Gasteiger partial charge in [-0.3, -0.25) is 4.68 Å². The van der Waals surface area contributed by atoms with Crippen LogP contribution < -0.4 is 10.1 Å². The molecular formula is C15H20N4O. The molecule has 0 spiro atoms. The lowest BCUT2D eigenvalue weighted by Crippen LogP contribution is -2.15. The molecule has 0 atom stereocenters. The van der Waals surface area contributed by atoms with E-state index in [4.69, 9.17) is 4.74 Å². The highest BCUT2D eigenvalue weighted by atomic mass is 16.5. The summed E-state index contributed by atoms with van der Waals surface area (Å²) in [5, 5.41) is 7.70. The number of hydrogen-bond acceptors (Lipinski definition) is 4. The minimum Gasteiger partial charge on any atom is -0.436 e. The van der Waals surface area contributed by atoms with Crippen molar-refractivity contribution in [3.05, 3.63) is 35.8 Å². The van der Waals surface area contributed by atoms with E-state index in [9.17, 15) is 0 Å². The molecule has 0 radical (unpaired) electrons. The van der Waals surface area contributed by atoms with Crippen LogP contribution in [0.5, 0.6) is 11.6 Å². The van der Waals surface area contributed by atoms with Crippen molar-refractivity contribution in [1.82, 2.24) is 20.1 Å². The van der Waals surface area contributed by atoms with Crippen LogP contribution in [-0.4, -0.2) is 20.8 Å². The molecule has 0 amide bonds. The number of aryl methyl sites for hydroxylation is 2. The second-order valence-electron chi connectivity index (χ2n) is 5.24. The largest absolute Gasteiger partial charge is 0.436 e. The number of nitrogens with one attached hydrogen (secondary N) is 1. The molecule has 0 bridgehead atoms. The molecule has 5 nitrogen and oxygen atoms in total. The molecule has 5 heteroatoms. The molecule has 1 N–H and O–H groups in total. The third-order valence-electron chi connectivity index (χ3n) is 3.32. The molecule has 1 saturated carbocycles. The van der Waals surface area contributed by atoms with Crippen molar-refractivity contribution in [3.8, 4) is 11.6 Å². The molecule has 3 rings (SSSR count). The standard InChI is InChI=1S/C15H20N4O/c1-3-19-10-14(9-17-19)20-15-7-12(6-11(2)18-15)8-16-13-4-5-13/h6-7,9-10,13,16H,3-5,8H2,1-2H3. The monoisotopic (exact) mass is 272 g/mol. The van der Waals surface area contributed by atoms with Crippen molar-refractivity contribution in [2.24, 2.45) is 0 Å². The van der Waals surface area contributed by atoms with Crippen LogP contribution in [0.25, 0.3) is 0 Å². The predicted octanol–water partition coefficient (Wildman–Crippen LogP) is 2.65. The van der Waals surface area contributed by atoms with Crippen LogP contribution in [-0.2, 0) is 13.1 Å². The molecule has 20 heavy (non-hydrogen) atoms. The van der Waals surface area contributed by atoms with Crippen LogP contribution in [0.15, 0.2) is 24.5 Å². The van der Waals surface area contributed by atoms with Crippen LogP contribution in [0.1, 0.15) is 31.0 Å². The lowest BCUT2D eigenvalue weighted by atomic mass is 10.2. The van der Waals surface area contributed by atoms with Crippen molar-refractivity contribution in [2.75, 3.05) is 0 Å². The zero-order chi connectivity index (χ0) is 13.9. The first-order valence-electron chi connectivity index (χ1n) is 7.14. The van der Waals surface area contributed by atoms with E-state index in [1.54, 1.807) is 6.20 Å². The predicted molar refractivity (Wildman–Crippen MR) is 76.8 cm³/mol. The van der Waals surface area contributed by atoms with E-state index >= 15 is 0 Å². The second kappa shape index (κ2) is 5.63. The quantitative estimate of drug-likeness (QED) is 0.878. The number of hydrogen-bond donors (Lipinski definition) is 1. The third kappa shape index (κ3) is 3.36. The molecule has 1 fully saturated rings. The minimum absolute atomic E-state index is 0.633. The van der Waals surface area contributed by atoms with Crippen molar-refractivity contribution in [1.29, 1.82) is 0 Å². The van der Waals surface area contributed by atoms with Gasteiger partial charge in [0.1, 0.15) is 0 Å². The molecule has 0 saturated heterocycles. The Bertz CT molecular complexity index is 589. The lowest BCUT2D eigenvalue weighted by molar-refractivity contribution is 0.459. The van der Waals surface area contributed by atoms with E-state index in [0.717, 1.165) is 24.5 Å². The number of pyridine rings is 1. The summed E-state index contributed by atoms with van der Waals surface area (Å²) in [4.78, 5) is 4.42. The summed E-state index contributed by atoms with van der Waals surface area (Å²) >= 11 is 0. The van der Waals surface area contributed by atoms with Gasteiger partial charge < -0.3 is 10.1 Å². The Kier molecular flexibility index (Phi) is 3.69. The van der Waals surface area contributed by atoms with Gasteiger partial charge >= 0.3 is 0 Å². The minimum atomic E-state index is 0.633. The van der Waals surface area contributed by atoms with E-state index in [-0.39, 0.29) is 0 Å². The first kappa shape index (κ1) is 13.1. The van der Waals surface area contributed by atoms with Gasteiger partial charge in [0.05, 0.1) is 12.4 Å². The summed E-state index contributed by atoms with van der Waals surface area (Å²) in [6, 6.07) is 4.79. The maximum absolute atomic E-state index is 5.78. The van der Waals surface area contributed by atoms with Gasteiger partial charge in [-0.2, -0.15) is 5.10 Å². The molecule has 0 aromatic carbocycles. The van der Waals surface area contributed by atoms with Crippen LogP contribution >= 0.6 is 0 Å². The summed E-state index contributed by atoms with van der Waals surface area (Å²) in [6.07, 6.45) is 6.19. The zero-order valence-electron chi connectivity index (χ0n) is 12.0. The Labute approximate surface area is 119 Å². The molecule has 2 aromatic heterocycles. The zero-order valence-corrected chi connectivity index (χ0v) is 12.0. The Morgan fingerprint density at radius 2 is 2.25 bits per heavy atom. The fourth-order valence-electron chi connectivity index (χ4n) is 2.10. The van der Waals surface area contributed by atoms with Gasteiger partial charge in [0.25, 0.3) is 0 Å². The summed E-state index contributed by atoms with van der Waals surface area (Å²) in [7, 11) is 0. The molecule has 1 aliphatic rings. The highest BCUT2D eigenvalue weighted by molar-refractivity contribution is 5.28. The Morgan fingerprint density at radius 1 is 1.40 bits per heavy atom. The van der Waals surface area contributed by atoms with E-state index in [1.165, 1.54) is 18.4 Å². The van der Waals surface area contributed by atoms with E-state index in [0.29, 0.717) is 11.9 Å². The van der Waals surface area contributed by atoms with Gasteiger partial charge in [0, 0.05) is 30.9 Å². The van der Waals surface area contributed by atoms with Crippen molar-refractivity contribution >= 4 is 0 Å². The molecule has 0 aliphatic heterocycles. The van der Waals surface area contributed by atoms with E-state index < -0.39 is 0 Å². The molecule has 2 aromatic rings. The number of aromatic nitrogens is 3. The highest BCUT2D eigenvalue weighted by Crippen LogP contribution is 2.22. The SMILES string of the molecule is CCn1cc(Oc2cc(CNC3CC3)cc(C)n2)cn1. The van der Waals surface area contributed by atoms with Crippen LogP contribution in [0.3, 0.4) is 0 Å². The maximum Gasteiger partial charge on any atom is 0.219 e. The first-order valence-corrected chi connectivity index (χ1v) is 7.14. The van der Waals surface area contributed by atoms with Gasteiger partial charge in [-0.15, -0.1) is 0 Å². The van der Waals surface area contributed by atoms with E-state index in [2.05, 4.69) is 21.5 Å². The van der Waals surface area contributed by atoms with Crippen LogP contribution in [0, 0.1) is 6.92 Å². The van der Waals surface area contributed by atoms with Crippen molar-refractivity contribution in [3.63, 3.8) is 0 Å². The van der Waals surface area contributed by atoms with Gasteiger partial charge in [-0.1, -0.05) is 0 Å². The fraction of sp³-hybridized carbons (Fsp3) is 0.467. The smallest absolute Gasteiger partial charge is 0.219 e. The van der Waals surface area contributed by atoms with Gasteiger partial charge in [-0.05, 0) is 38.3 Å². The van der Waals surface area contributed by atoms with E-state index in [1.807, 2.05) is 30.8 Å². The van der Waals surface area contributed by atoms with Crippen molar-refractivity contribution in [2.45, 2.75) is 45.8 Å². The lowest BCUT2D eigenvalue weighted by Gasteiger charge is -2.08. The average Bonchev–Trinajstić information content (AvgIpc) is 3.15. The first-order chi connectivity index (χ1) is 9.72. The topological polar surface area (TPSA) is 52.0 Å². The number of nitrogens with zero attached hydrogens (tertiary/aromatic N) is 3.